The predicted octanol–water partition coefficient (Wildman–Crippen LogP) is 3.09. The van der Waals surface area contributed by atoms with Crippen molar-refractivity contribution >= 4 is 39.3 Å². The number of carbonyl (C=O) groups excluding carboxylic acids is 2. The Morgan fingerprint density at radius 2 is 2.30 bits per heavy atom. The van der Waals surface area contributed by atoms with Crippen LogP contribution in [0.4, 0.5) is 16.2 Å². The number of ether oxygens (including phenoxy) is 1. The van der Waals surface area contributed by atoms with Crippen LogP contribution in [0, 0.1) is 0 Å². The van der Waals surface area contributed by atoms with E-state index >= 15 is 0 Å². The summed E-state index contributed by atoms with van der Waals surface area (Å²) in [5.74, 6) is -0.0476. The number of carbonyl (C=O) groups is 2. The molecule has 0 aromatic heterocycles. The molecule has 0 fully saturated rings. The van der Waals surface area contributed by atoms with Gasteiger partial charge in [0.25, 0.3) is 0 Å². The average Bonchev–Trinajstić information content (AvgIpc) is 2.80. The van der Waals surface area contributed by atoms with Crippen LogP contribution in [0.5, 0.6) is 0 Å². The second-order valence-corrected chi connectivity index (χ2v) is 5.31. The van der Waals surface area contributed by atoms with E-state index in [1.54, 1.807) is 11.0 Å². The van der Waals surface area contributed by atoms with Gasteiger partial charge in [0.1, 0.15) is 6.61 Å². The van der Waals surface area contributed by atoms with E-state index in [1.807, 2.05) is 6.07 Å². The van der Waals surface area contributed by atoms with E-state index in [0.717, 1.165) is 22.1 Å². The van der Waals surface area contributed by atoms with Crippen LogP contribution in [0.3, 0.4) is 0 Å². The number of hydrogen-bond acceptors (Lipinski definition) is 3. The Kier molecular flexibility index (Phi) is 4.44. The summed E-state index contributed by atoms with van der Waals surface area (Å²) in [5, 5.41) is 2.67. The van der Waals surface area contributed by atoms with Gasteiger partial charge in [0.2, 0.25) is 5.91 Å². The van der Waals surface area contributed by atoms with Crippen LogP contribution in [0.25, 0.3) is 0 Å². The van der Waals surface area contributed by atoms with Crippen molar-refractivity contribution < 1.29 is 14.3 Å². The molecule has 0 bridgehead atoms. The first-order chi connectivity index (χ1) is 9.52. The molecule has 1 aromatic carbocycles. The zero-order valence-electron chi connectivity index (χ0n) is 11.1. The van der Waals surface area contributed by atoms with Gasteiger partial charge >= 0.3 is 6.09 Å². The van der Waals surface area contributed by atoms with Gasteiger partial charge < -0.3 is 9.64 Å². The Morgan fingerprint density at radius 3 is 2.95 bits per heavy atom. The van der Waals surface area contributed by atoms with Gasteiger partial charge in [-0.15, -0.1) is 0 Å². The molecule has 2 rings (SSSR count). The highest BCUT2D eigenvalue weighted by molar-refractivity contribution is 9.10. The monoisotopic (exact) mass is 338 g/mol. The van der Waals surface area contributed by atoms with Crippen LogP contribution in [0.15, 0.2) is 29.3 Å². The van der Waals surface area contributed by atoms with Crippen LogP contribution in [0.2, 0.25) is 0 Å². The molecule has 1 aliphatic heterocycles. The summed E-state index contributed by atoms with van der Waals surface area (Å²) in [7, 11) is 0. The number of halogens is 1. The Hall–Kier alpha value is -1.82. The van der Waals surface area contributed by atoms with Crippen molar-refractivity contribution in [3.8, 4) is 0 Å². The fraction of sp³-hybridized carbons (Fsp3) is 0.286. The van der Waals surface area contributed by atoms with Gasteiger partial charge in [-0.25, -0.2) is 4.79 Å². The van der Waals surface area contributed by atoms with E-state index < -0.39 is 6.09 Å². The molecule has 0 spiro atoms. The SMILES string of the molecule is C=CCOC(=O)Nc1cc(Br)cc2c1N(C(C)=O)CC2. The van der Waals surface area contributed by atoms with Crippen molar-refractivity contribution in [1.29, 1.82) is 0 Å². The highest BCUT2D eigenvalue weighted by Gasteiger charge is 2.26. The van der Waals surface area contributed by atoms with Gasteiger partial charge in [-0.2, -0.15) is 0 Å². The number of fused-ring (bicyclic) bond motifs is 1. The van der Waals surface area contributed by atoms with E-state index in [9.17, 15) is 9.59 Å². The smallest absolute Gasteiger partial charge is 0.412 e. The maximum atomic E-state index is 11.7. The zero-order valence-corrected chi connectivity index (χ0v) is 12.7. The molecular formula is C14H15BrN2O3. The minimum atomic E-state index is -0.569. The first-order valence-corrected chi connectivity index (χ1v) is 6.97. The molecule has 6 heteroatoms. The molecule has 1 N–H and O–H groups in total. The van der Waals surface area contributed by atoms with Crippen LogP contribution in [0.1, 0.15) is 12.5 Å². The molecular weight excluding hydrogens is 324 g/mol. The molecule has 1 aliphatic rings. The first-order valence-electron chi connectivity index (χ1n) is 6.18. The highest BCUT2D eigenvalue weighted by atomic mass is 79.9. The van der Waals surface area contributed by atoms with E-state index in [-0.39, 0.29) is 12.5 Å². The van der Waals surface area contributed by atoms with E-state index in [4.69, 9.17) is 4.74 Å². The first kappa shape index (κ1) is 14.6. The summed E-state index contributed by atoms with van der Waals surface area (Å²) < 4.78 is 5.75. The molecule has 0 atom stereocenters. The molecule has 2 amide bonds. The lowest BCUT2D eigenvalue weighted by Gasteiger charge is -2.19. The number of nitrogens with one attached hydrogen (secondary N) is 1. The maximum absolute atomic E-state index is 11.7. The fourth-order valence-corrected chi connectivity index (χ4v) is 2.71. The zero-order chi connectivity index (χ0) is 14.7. The van der Waals surface area contributed by atoms with E-state index in [1.165, 1.54) is 13.0 Å². The Bertz CT molecular complexity index is 572. The van der Waals surface area contributed by atoms with E-state index in [2.05, 4.69) is 27.8 Å². The normalized spacial score (nSPS) is 12.8. The van der Waals surface area contributed by atoms with Gasteiger partial charge in [-0.05, 0) is 24.1 Å². The standard InChI is InChI=1S/C14H15BrN2O3/c1-3-6-20-14(19)16-12-8-11(15)7-10-4-5-17(9(2)18)13(10)12/h3,7-8H,1,4-6H2,2H3,(H,16,19). The number of rotatable bonds is 3. The topological polar surface area (TPSA) is 58.6 Å². The molecule has 1 heterocycles. The number of hydrogen-bond donors (Lipinski definition) is 1. The Labute approximate surface area is 125 Å². The minimum absolute atomic E-state index is 0.0476. The van der Waals surface area contributed by atoms with Gasteiger partial charge in [-0.3, -0.25) is 10.1 Å². The average molecular weight is 339 g/mol. The van der Waals surface area contributed by atoms with Crippen molar-refractivity contribution in [3.63, 3.8) is 0 Å². The largest absolute Gasteiger partial charge is 0.445 e. The summed E-state index contributed by atoms with van der Waals surface area (Å²) >= 11 is 3.40. The minimum Gasteiger partial charge on any atom is -0.445 e. The third-order valence-electron chi connectivity index (χ3n) is 2.98. The number of nitrogens with zero attached hydrogens (tertiary/aromatic N) is 1. The Balaban J connectivity index is 2.31. The summed E-state index contributed by atoms with van der Waals surface area (Å²) in [5.41, 5.74) is 2.33. The lowest BCUT2D eigenvalue weighted by atomic mass is 10.1. The van der Waals surface area contributed by atoms with Gasteiger partial charge in [0.05, 0.1) is 11.4 Å². The fourth-order valence-electron chi connectivity index (χ4n) is 2.20. The van der Waals surface area contributed by atoms with Gasteiger partial charge in [0.15, 0.2) is 0 Å². The van der Waals surface area contributed by atoms with Crippen molar-refractivity contribution in [2.45, 2.75) is 13.3 Å². The summed E-state index contributed by atoms with van der Waals surface area (Å²) in [6.45, 7) is 5.75. The van der Waals surface area contributed by atoms with Gasteiger partial charge in [-0.1, -0.05) is 28.6 Å². The molecule has 0 unspecified atom stereocenters. The maximum Gasteiger partial charge on any atom is 0.412 e. The van der Waals surface area contributed by atoms with Crippen molar-refractivity contribution in [2.24, 2.45) is 0 Å². The van der Waals surface area contributed by atoms with Crippen molar-refractivity contribution in [1.82, 2.24) is 0 Å². The lowest BCUT2D eigenvalue weighted by Crippen LogP contribution is -2.27. The molecule has 0 aliphatic carbocycles. The van der Waals surface area contributed by atoms with Crippen LogP contribution in [-0.4, -0.2) is 25.2 Å². The third-order valence-corrected chi connectivity index (χ3v) is 3.44. The Morgan fingerprint density at radius 1 is 1.55 bits per heavy atom. The second kappa shape index (κ2) is 6.09. The number of amides is 2. The molecule has 0 radical (unpaired) electrons. The van der Waals surface area contributed by atoms with Crippen molar-refractivity contribution in [2.75, 3.05) is 23.4 Å². The number of benzene rings is 1. The lowest BCUT2D eigenvalue weighted by molar-refractivity contribution is -0.116. The molecule has 5 nitrogen and oxygen atoms in total. The molecule has 20 heavy (non-hydrogen) atoms. The molecule has 106 valence electrons. The molecule has 0 saturated carbocycles. The van der Waals surface area contributed by atoms with Crippen LogP contribution >= 0.6 is 15.9 Å². The summed E-state index contributed by atoms with van der Waals surface area (Å²) in [4.78, 5) is 25.0. The summed E-state index contributed by atoms with van der Waals surface area (Å²) in [6.07, 6.45) is 1.69. The van der Waals surface area contributed by atoms with Crippen LogP contribution < -0.4 is 10.2 Å². The third kappa shape index (κ3) is 3.01. The van der Waals surface area contributed by atoms with Crippen LogP contribution in [-0.2, 0) is 16.0 Å². The van der Waals surface area contributed by atoms with Gasteiger partial charge in [0, 0.05) is 17.9 Å². The quantitative estimate of drug-likeness (QED) is 0.861. The highest BCUT2D eigenvalue weighted by Crippen LogP contribution is 2.38. The van der Waals surface area contributed by atoms with Crippen molar-refractivity contribution in [3.05, 3.63) is 34.8 Å². The predicted molar refractivity (Wildman–Crippen MR) is 81.0 cm³/mol. The number of anilines is 2. The molecule has 0 saturated heterocycles. The summed E-state index contributed by atoms with van der Waals surface area (Å²) in [6, 6.07) is 3.72. The van der Waals surface area contributed by atoms with E-state index in [0.29, 0.717) is 12.2 Å². The molecule has 1 aromatic rings. The second-order valence-electron chi connectivity index (χ2n) is 4.39.